The summed E-state index contributed by atoms with van der Waals surface area (Å²) in [5.41, 5.74) is 0. The maximum atomic E-state index is 11.0. The number of likely N-dealkylation sites (N-methyl/N-ethyl adjacent to an activating group) is 1. The Kier molecular flexibility index (Phi) is 3.82. The van der Waals surface area contributed by atoms with Gasteiger partial charge < -0.3 is 10.0 Å². The van der Waals surface area contributed by atoms with Crippen LogP contribution >= 0.6 is 0 Å². The Bertz CT molecular complexity index is 249. The Morgan fingerprint density at radius 2 is 1.88 bits per heavy atom. The van der Waals surface area contributed by atoms with E-state index < -0.39 is 5.97 Å². The van der Waals surface area contributed by atoms with Crippen LogP contribution in [0.4, 0.5) is 0 Å². The van der Waals surface area contributed by atoms with Crippen molar-refractivity contribution in [2.75, 3.05) is 33.2 Å². The van der Waals surface area contributed by atoms with Crippen LogP contribution in [0.1, 0.15) is 25.7 Å². The minimum Gasteiger partial charge on any atom is -0.481 e. The highest BCUT2D eigenvalue weighted by Gasteiger charge is 2.31. The van der Waals surface area contributed by atoms with Crippen molar-refractivity contribution in [2.24, 2.45) is 5.92 Å². The molecule has 1 N–H and O–H groups in total. The Hall–Kier alpha value is -0.610. The van der Waals surface area contributed by atoms with Gasteiger partial charge in [0.15, 0.2) is 0 Å². The summed E-state index contributed by atoms with van der Waals surface area (Å²) in [5.74, 6) is -0.697. The van der Waals surface area contributed by atoms with Crippen molar-refractivity contribution in [3.05, 3.63) is 0 Å². The third-order valence-electron chi connectivity index (χ3n) is 4.05. The number of aliphatic carboxylic acids is 1. The van der Waals surface area contributed by atoms with E-state index in [1.165, 1.54) is 6.42 Å². The molecule has 1 aliphatic heterocycles. The molecule has 0 bridgehead atoms. The molecule has 2 rings (SSSR count). The molecule has 0 unspecified atom stereocenters. The molecule has 1 saturated carbocycles. The Balaban J connectivity index is 1.87. The summed E-state index contributed by atoms with van der Waals surface area (Å²) in [4.78, 5) is 15.8. The van der Waals surface area contributed by atoms with Crippen LogP contribution in [0, 0.1) is 5.92 Å². The largest absolute Gasteiger partial charge is 0.481 e. The van der Waals surface area contributed by atoms with Crippen molar-refractivity contribution in [3.63, 3.8) is 0 Å². The zero-order valence-corrected chi connectivity index (χ0v) is 10.1. The molecule has 0 aromatic heterocycles. The number of carbonyl (C=O) groups is 1. The van der Waals surface area contributed by atoms with Gasteiger partial charge in [-0.3, -0.25) is 9.69 Å². The minimum absolute atomic E-state index is 0.0987. The quantitative estimate of drug-likeness (QED) is 0.759. The van der Waals surface area contributed by atoms with E-state index in [4.69, 9.17) is 5.11 Å². The second kappa shape index (κ2) is 5.15. The molecule has 1 heterocycles. The molecule has 0 radical (unpaired) electrons. The van der Waals surface area contributed by atoms with Crippen molar-refractivity contribution in [3.8, 4) is 0 Å². The van der Waals surface area contributed by atoms with Crippen molar-refractivity contribution in [1.29, 1.82) is 0 Å². The fourth-order valence-electron chi connectivity index (χ4n) is 2.91. The summed E-state index contributed by atoms with van der Waals surface area (Å²) in [6, 6.07) is 0.517. The summed E-state index contributed by atoms with van der Waals surface area (Å²) >= 11 is 0. The predicted molar refractivity (Wildman–Crippen MR) is 62.5 cm³/mol. The minimum atomic E-state index is -0.598. The SMILES string of the molecule is CN1CCN([C@H]2CCC[C@H](C(=O)O)C2)CC1. The molecule has 2 atom stereocenters. The second-order valence-electron chi connectivity index (χ2n) is 5.19. The monoisotopic (exact) mass is 226 g/mol. The highest BCUT2D eigenvalue weighted by molar-refractivity contribution is 5.70. The van der Waals surface area contributed by atoms with Gasteiger partial charge in [0.25, 0.3) is 0 Å². The average Bonchev–Trinajstić information content (AvgIpc) is 2.30. The van der Waals surface area contributed by atoms with E-state index in [1.807, 2.05) is 0 Å². The zero-order chi connectivity index (χ0) is 11.5. The van der Waals surface area contributed by atoms with Gasteiger partial charge >= 0.3 is 5.97 Å². The van der Waals surface area contributed by atoms with Crippen LogP contribution in [-0.4, -0.2) is 60.1 Å². The molecular formula is C12H22N2O2. The molecule has 4 heteroatoms. The first-order chi connectivity index (χ1) is 7.66. The Morgan fingerprint density at radius 3 is 2.50 bits per heavy atom. The summed E-state index contributed by atoms with van der Waals surface area (Å²) < 4.78 is 0. The van der Waals surface area contributed by atoms with Gasteiger partial charge in [-0.2, -0.15) is 0 Å². The molecule has 4 nitrogen and oxygen atoms in total. The Morgan fingerprint density at radius 1 is 1.19 bits per heavy atom. The molecule has 0 aromatic rings. The van der Waals surface area contributed by atoms with Gasteiger partial charge in [-0.05, 0) is 26.3 Å². The van der Waals surface area contributed by atoms with Crippen LogP contribution in [0.2, 0.25) is 0 Å². The van der Waals surface area contributed by atoms with Crippen LogP contribution in [0.15, 0.2) is 0 Å². The Labute approximate surface area is 97.2 Å². The van der Waals surface area contributed by atoms with Gasteiger partial charge in [-0.25, -0.2) is 0 Å². The van der Waals surface area contributed by atoms with Crippen LogP contribution in [-0.2, 0) is 4.79 Å². The van der Waals surface area contributed by atoms with E-state index in [0.29, 0.717) is 6.04 Å². The molecular weight excluding hydrogens is 204 g/mol. The van der Waals surface area contributed by atoms with E-state index >= 15 is 0 Å². The first kappa shape index (κ1) is 11.9. The number of carboxylic acids is 1. The molecule has 16 heavy (non-hydrogen) atoms. The highest BCUT2D eigenvalue weighted by atomic mass is 16.4. The van der Waals surface area contributed by atoms with Gasteiger partial charge in [0.1, 0.15) is 0 Å². The van der Waals surface area contributed by atoms with Gasteiger partial charge in [0.2, 0.25) is 0 Å². The van der Waals surface area contributed by atoms with Crippen LogP contribution in [0.5, 0.6) is 0 Å². The van der Waals surface area contributed by atoms with Crippen molar-refractivity contribution < 1.29 is 9.90 Å². The lowest BCUT2D eigenvalue weighted by Crippen LogP contribution is -2.50. The van der Waals surface area contributed by atoms with E-state index in [2.05, 4.69) is 16.8 Å². The van der Waals surface area contributed by atoms with Gasteiger partial charge in [-0.15, -0.1) is 0 Å². The highest BCUT2D eigenvalue weighted by Crippen LogP contribution is 2.28. The molecule has 92 valence electrons. The smallest absolute Gasteiger partial charge is 0.306 e. The fourth-order valence-corrected chi connectivity index (χ4v) is 2.91. The van der Waals surface area contributed by atoms with Crippen LogP contribution in [0.25, 0.3) is 0 Å². The maximum Gasteiger partial charge on any atom is 0.306 e. The number of piperazine rings is 1. The molecule has 1 aliphatic carbocycles. The third-order valence-corrected chi connectivity index (χ3v) is 4.05. The van der Waals surface area contributed by atoms with E-state index in [9.17, 15) is 4.79 Å². The number of rotatable bonds is 2. The van der Waals surface area contributed by atoms with Crippen molar-refractivity contribution in [2.45, 2.75) is 31.7 Å². The maximum absolute atomic E-state index is 11.0. The van der Waals surface area contributed by atoms with E-state index in [1.54, 1.807) is 0 Å². The lowest BCUT2D eigenvalue weighted by atomic mass is 9.85. The summed E-state index contributed by atoms with van der Waals surface area (Å²) in [5, 5.41) is 9.07. The van der Waals surface area contributed by atoms with E-state index in [-0.39, 0.29) is 5.92 Å². The van der Waals surface area contributed by atoms with Gasteiger partial charge in [0.05, 0.1) is 5.92 Å². The number of hydrogen-bond donors (Lipinski definition) is 1. The van der Waals surface area contributed by atoms with Crippen molar-refractivity contribution in [1.82, 2.24) is 9.80 Å². The number of hydrogen-bond acceptors (Lipinski definition) is 3. The molecule has 2 aliphatic rings. The molecule has 0 amide bonds. The predicted octanol–water partition coefficient (Wildman–Crippen LogP) is 0.877. The molecule has 0 spiro atoms. The topological polar surface area (TPSA) is 43.8 Å². The molecule has 0 aromatic carbocycles. The third kappa shape index (κ3) is 2.74. The second-order valence-corrected chi connectivity index (χ2v) is 5.19. The normalized spacial score (nSPS) is 33.8. The zero-order valence-electron chi connectivity index (χ0n) is 10.1. The fraction of sp³-hybridized carbons (Fsp3) is 0.917. The van der Waals surface area contributed by atoms with E-state index in [0.717, 1.165) is 45.4 Å². The summed E-state index contributed by atoms with van der Waals surface area (Å²) in [6.45, 7) is 4.45. The first-order valence-electron chi connectivity index (χ1n) is 6.32. The van der Waals surface area contributed by atoms with Crippen molar-refractivity contribution >= 4 is 5.97 Å². The number of nitrogens with zero attached hydrogens (tertiary/aromatic N) is 2. The standard InChI is InChI=1S/C12H22N2O2/c1-13-5-7-14(8-6-13)11-4-2-3-10(9-11)12(15)16/h10-11H,2-9H2,1H3,(H,15,16)/t10-,11-/m0/s1. The van der Waals surface area contributed by atoms with Crippen LogP contribution < -0.4 is 0 Å². The lowest BCUT2D eigenvalue weighted by molar-refractivity contribution is -0.143. The van der Waals surface area contributed by atoms with Crippen LogP contribution in [0.3, 0.4) is 0 Å². The summed E-state index contributed by atoms with van der Waals surface area (Å²) in [6.07, 6.45) is 4.00. The lowest BCUT2D eigenvalue weighted by Gasteiger charge is -2.40. The first-order valence-corrected chi connectivity index (χ1v) is 6.32. The molecule has 1 saturated heterocycles. The summed E-state index contributed by atoms with van der Waals surface area (Å²) in [7, 11) is 2.15. The van der Waals surface area contributed by atoms with Gasteiger partial charge in [0, 0.05) is 32.2 Å². The molecule has 2 fully saturated rings. The number of carboxylic acid groups (broad SMARTS) is 1. The average molecular weight is 226 g/mol. The van der Waals surface area contributed by atoms with Gasteiger partial charge in [-0.1, -0.05) is 6.42 Å².